The molecule has 1 aromatic rings. The van der Waals surface area contributed by atoms with Gasteiger partial charge >= 0.3 is 0 Å². The van der Waals surface area contributed by atoms with Gasteiger partial charge in [-0.05, 0) is 19.9 Å². The smallest absolute Gasteiger partial charge is 0.0797 e. The maximum Gasteiger partial charge on any atom is 0.0797 e. The fourth-order valence-corrected chi connectivity index (χ4v) is 2.50. The van der Waals surface area contributed by atoms with Gasteiger partial charge < -0.3 is 10.1 Å². The average molecular weight is 270 g/mol. The lowest BCUT2D eigenvalue weighted by molar-refractivity contribution is 0.0643. The second-order valence-electron chi connectivity index (χ2n) is 5.50. The summed E-state index contributed by atoms with van der Waals surface area (Å²) in [5.41, 5.74) is 3.26. The maximum absolute atomic E-state index is 5.80. The molecule has 18 heavy (non-hydrogen) atoms. The lowest BCUT2D eigenvalue weighted by Crippen LogP contribution is -2.33. The number of aromatic nitrogens is 1. The third kappa shape index (κ3) is 5.94. The molecule has 0 aliphatic rings. The molecule has 0 saturated carbocycles. The van der Waals surface area contributed by atoms with E-state index in [2.05, 4.69) is 38.0 Å². The molecule has 0 spiro atoms. The van der Waals surface area contributed by atoms with E-state index in [1.807, 2.05) is 5.51 Å². The van der Waals surface area contributed by atoms with Crippen LogP contribution < -0.4 is 5.32 Å². The summed E-state index contributed by atoms with van der Waals surface area (Å²) >= 11 is 1.72. The van der Waals surface area contributed by atoms with Gasteiger partial charge in [-0.3, -0.25) is 0 Å². The third-order valence-electron chi connectivity index (χ3n) is 2.84. The van der Waals surface area contributed by atoms with Gasteiger partial charge in [-0.15, -0.1) is 11.3 Å². The average Bonchev–Trinajstić information content (AvgIpc) is 2.71. The molecule has 0 bridgehead atoms. The van der Waals surface area contributed by atoms with E-state index in [0.717, 1.165) is 38.4 Å². The SMILES string of the molecule is CCCNCC(C)(C)COCCc1scnc1C. The molecule has 1 heterocycles. The molecule has 0 aliphatic heterocycles. The number of hydrogen-bond donors (Lipinski definition) is 1. The Morgan fingerprint density at radius 3 is 2.83 bits per heavy atom. The zero-order chi connectivity index (χ0) is 13.4. The molecule has 104 valence electrons. The highest BCUT2D eigenvalue weighted by atomic mass is 32.1. The number of rotatable bonds is 9. The van der Waals surface area contributed by atoms with Crippen LogP contribution in [-0.2, 0) is 11.2 Å². The zero-order valence-electron chi connectivity index (χ0n) is 12.1. The summed E-state index contributed by atoms with van der Waals surface area (Å²) in [6, 6.07) is 0. The molecule has 0 radical (unpaired) electrons. The monoisotopic (exact) mass is 270 g/mol. The molecule has 1 rings (SSSR count). The first-order valence-electron chi connectivity index (χ1n) is 6.72. The van der Waals surface area contributed by atoms with E-state index in [-0.39, 0.29) is 5.41 Å². The molecule has 0 amide bonds. The Morgan fingerprint density at radius 1 is 1.44 bits per heavy atom. The fourth-order valence-electron chi connectivity index (χ4n) is 1.73. The number of hydrogen-bond acceptors (Lipinski definition) is 4. The van der Waals surface area contributed by atoms with Gasteiger partial charge in [0.2, 0.25) is 0 Å². The Hall–Kier alpha value is -0.450. The van der Waals surface area contributed by atoms with Crippen LogP contribution in [-0.4, -0.2) is 31.3 Å². The first-order chi connectivity index (χ1) is 8.55. The Balaban J connectivity index is 2.14. The first kappa shape index (κ1) is 15.6. The van der Waals surface area contributed by atoms with Crippen LogP contribution in [0.4, 0.5) is 0 Å². The zero-order valence-corrected chi connectivity index (χ0v) is 12.9. The summed E-state index contributed by atoms with van der Waals surface area (Å²) in [4.78, 5) is 5.59. The summed E-state index contributed by atoms with van der Waals surface area (Å²) < 4.78 is 5.80. The Morgan fingerprint density at radius 2 is 2.22 bits per heavy atom. The van der Waals surface area contributed by atoms with Crippen molar-refractivity contribution in [1.29, 1.82) is 0 Å². The Bertz CT molecular complexity index is 336. The van der Waals surface area contributed by atoms with Crippen molar-refractivity contribution in [2.24, 2.45) is 5.41 Å². The van der Waals surface area contributed by atoms with E-state index in [1.165, 1.54) is 11.3 Å². The molecule has 0 saturated heterocycles. The highest BCUT2D eigenvalue weighted by Gasteiger charge is 2.17. The molecular weight excluding hydrogens is 244 g/mol. The van der Waals surface area contributed by atoms with Crippen LogP contribution in [0.25, 0.3) is 0 Å². The molecule has 4 heteroatoms. The van der Waals surface area contributed by atoms with Crippen LogP contribution >= 0.6 is 11.3 Å². The van der Waals surface area contributed by atoms with Crippen LogP contribution in [0.15, 0.2) is 5.51 Å². The van der Waals surface area contributed by atoms with Gasteiger partial charge in [0.25, 0.3) is 0 Å². The van der Waals surface area contributed by atoms with Crippen molar-refractivity contribution < 1.29 is 4.74 Å². The summed E-state index contributed by atoms with van der Waals surface area (Å²) in [5.74, 6) is 0. The fraction of sp³-hybridized carbons (Fsp3) is 0.786. The summed E-state index contributed by atoms with van der Waals surface area (Å²) in [7, 11) is 0. The van der Waals surface area contributed by atoms with Crippen LogP contribution in [0, 0.1) is 12.3 Å². The summed E-state index contributed by atoms with van der Waals surface area (Å²) in [6.07, 6.45) is 2.16. The van der Waals surface area contributed by atoms with Crippen molar-refractivity contribution in [2.45, 2.75) is 40.5 Å². The predicted molar refractivity (Wildman–Crippen MR) is 78.3 cm³/mol. The van der Waals surface area contributed by atoms with Crippen molar-refractivity contribution in [3.05, 3.63) is 16.1 Å². The van der Waals surface area contributed by atoms with Crippen molar-refractivity contribution in [2.75, 3.05) is 26.3 Å². The van der Waals surface area contributed by atoms with Crippen LogP contribution in [0.5, 0.6) is 0 Å². The molecule has 0 aromatic carbocycles. The lowest BCUT2D eigenvalue weighted by atomic mass is 9.95. The first-order valence-corrected chi connectivity index (χ1v) is 7.60. The predicted octanol–water partition coefficient (Wildman–Crippen LogP) is 3.04. The van der Waals surface area contributed by atoms with Gasteiger partial charge in [-0.2, -0.15) is 0 Å². The lowest BCUT2D eigenvalue weighted by Gasteiger charge is -2.24. The van der Waals surface area contributed by atoms with Gasteiger partial charge in [0.15, 0.2) is 0 Å². The van der Waals surface area contributed by atoms with Crippen LogP contribution in [0.3, 0.4) is 0 Å². The van der Waals surface area contributed by atoms with Crippen LogP contribution in [0.2, 0.25) is 0 Å². The summed E-state index contributed by atoms with van der Waals surface area (Å²) in [5, 5.41) is 3.45. The van der Waals surface area contributed by atoms with Gasteiger partial charge in [0.05, 0.1) is 24.4 Å². The minimum absolute atomic E-state index is 0.206. The van der Waals surface area contributed by atoms with Gasteiger partial charge in [0.1, 0.15) is 0 Å². The third-order valence-corrected chi connectivity index (χ3v) is 3.84. The number of aryl methyl sites for hydroxylation is 1. The van der Waals surface area contributed by atoms with E-state index in [1.54, 1.807) is 11.3 Å². The van der Waals surface area contributed by atoms with Crippen molar-refractivity contribution in [3.8, 4) is 0 Å². The van der Waals surface area contributed by atoms with Gasteiger partial charge in [-0.25, -0.2) is 4.98 Å². The molecule has 1 aromatic heterocycles. The quantitative estimate of drug-likeness (QED) is 0.700. The Kier molecular flexibility index (Phi) is 6.82. The minimum atomic E-state index is 0.206. The Labute approximate surface area is 115 Å². The largest absolute Gasteiger partial charge is 0.380 e. The van der Waals surface area contributed by atoms with Gasteiger partial charge in [0, 0.05) is 23.3 Å². The van der Waals surface area contributed by atoms with E-state index in [4.69, 9.17) is 4.74 Å². The van der Waals surface area contributed by atoms with Crippen molar-refractivity contribution >= 4 is 11.3 Å². The molecular formula is C14H26N2OS. The number of nitrogens with one attached hydrogen (secondary N) is 1. The number of thiazole rings is 1. The highest BCUT2D eigenvalue weighted by Crippen LogP contribution is 2.16. The molecule has 0 unspecified atom stereocenters. The number of ether oxygens (including phenoxy) is 1. The maximum atomic E-state index is 5.80. The molecule has 3 nitrogen and oxygen atoms in total. The molecule has 0 aliphatic carbocycles. The molecule has 0 fully saturated rings. The molecule has 1 N–H and O–H groups in total. The van der Waals surface area contributed by atoms with Crippen LogP contribution in [0.1, 0.15) is 37.8 Å². The van der Waals surface area contributed by atoms with E-state index in [0.29, 0.717) is 0 Å². The highest BCUT2D eigenvalue weighted by molar-refractivity contribution is 7.09. The minimum Gasteiger partial charge on any atom is -0.380 e. The van der Waals surface area contributed by atoms with E-state index >= 15 is 0 Å². The van der Waals surface area contributed by atoms with Crippen molar-refractivity contribution in [1.82, 2.24) is 10.3 Å². The normalized spacial score (nSPS) is 12.0. The van der Waals surface area contributed by atoms with E-state index < -0.39 is 0 Å². The van der Waals surface area contributed by atoms with Gasteiger partial charge in [-0.1, -0.05) is 20.8 Å². The van der Waals surface area contributed by atoms with E-state index in [9.17, 15) is 0 Å². The molecule has 0 atom stereocenters. The number of nitrogens with zero attached hydrogens (tertiary/aromatic N) is 1. The van der Waals surface area contributed by atoms with Crippen molar-refractivity contribution in [3.63, 3.8) is 0 Å². The second kappa shape index (κ2) is 7.87. The topological polar surface area (TPSA) is 34.1 Å². The summed E-state index contributed by atoms with van der Waals surface area (Å²) in [6.45, 7) is 12.4. The second-order valence-corrected chi connectivity index (χ2v) is 6.44. The standard InChI is InChI=1S/C14H26N2OS/c1-5-7-15-9-14(3,4)10-17-8-6-13-12(2)16-11-18-13/h11,15H,5-10H2,1-4H3.